The molecule has 1 amide bonds. The van der Waals surface area contributed by atoms with Gasteiger partial charge in [0, 0.05) is 11.6 Å². The van der Waals surface area contributed by atoms with Crippen molar-refractivity contribution in [1.29, 1.82) is 0 Å². The van der Waals surface area contributed by atoms with Gasteiger partial charge in [-0.3, -0.25) is 9.59 Å². The third-order valence-corrected chi connectivity index (χ3v) is 4.63. The summed E-state index contributed by atoms with van der Waals surface area (Å²) in [6, 6.07) is 7.51. The molecule has 0 saturated carbocycles. The number of methoxy groups -OCH3 is 1. The number of carbonyl (C=O) groups is 3. The fourth-order valence-electron chi connectivity index (χ4n) is 3.18. The Balaban J connectivity index is 2.02. The van der Waals surface area contributed by atoms with Crippen LogP contribution in [-0.2, 0) is 22.3 Å². The van der Waals surface area contributed by atoms with Crippen molar-refractivity contribution in [3.05, 3.63) is 65.4 Å². The molecule has 33 heavy (non-hydrogen) atoms. The molecule has 3 aromatic rings. The minimum atomic E-state index is -5.21. The number of fused-ring (bicyclic) bond motifs is 1. The van der Waals surface area contributed by atoms with Gasteiger partial charge in [-0.1, -0.05) is 18.2 Å². The van der Waals surface area contributed by atoms with Gasteiger partial charge < -0.3 is 14.6 Å². The first-order valence-corrected chi connectivity index (χ1v) is 9.11. The smallest absolute Gasteiger partial charge is 0.454 e. The first-order valence-electron chi connectivity index (χ1n) is 9.11. The number of ether oxygens (including phenoxy) is 1. The lowest BCUT2D eigenvalue weighted by atomic mass is 10.1. The summed E-state index contributed by atoms with van der Waals surface area (Å²) in [6.45, 7) is -0.738. The first kappa shape index (κ1) is 23.8. The minimum Gasteiger partial charge on any atom is -0.465 e. The molecule has 1 N–H and O–H groups in total. The van der Waals surface area contributed by atoms with E-state index in [0.29, 0.717) is 0 Å². The summed E-state index contributed by atoms with van der Waals surface area (Å²) in [7, 11) is 1.08. The van der Waals surface area contributed by atoms with Gasteiger partial charge in [-0.25, -0.2) is 4.79 Å². The first-order chi connectivity index (χ1) is 15.3. The van der Waals surface area contributed by atoms with Crippen molar-refractivity contribution in [3.63, 3.8) is 0 Å². The molecule has 0 saturated heterocycles. The van der Waals surface area contributed by atoms with Crippen LogP contribution in [0.3, 0.4) is 0 Å². The number of anilines is 1. The maximum Gasteiger partial charge on any atom is 0.454 e. The molecule has 0 unspecified atom stereocenters. The normalized spacial score (nSPS) is 12.0. The van der Waals surface area contributed by atoms with Crippen molar-refractivity contribution in [3.8, 4) is 0 Å². The van der Waals surface area contributed by atoms with Crippen LogP contribution in [0.5, 0.6) is 0 Å². The number of esters is 1. The van der Waals surface area contributed by atoms with Crippen molar-refractivity contribution in [2.45, 2.75) is 18.9 Å². The topological polar surface area (TPSA) is 77.4 Å². The summed E-state index contributed by atoms with van der Waals surface area (Å²) >= 11 is 0. The van der Waals surface area contributed by atoms with Crippen LogP contribution in [0.2, 0.25) is 0 Å². The fraction of sp³-hybridized carbons (Fsp3) is 0.190. The number of rotatable bonds is 5. The third-order valence-electron chi connectivity index (χ3n) is 4.63. The Morgan fingerprint density at radius 3 is 2.27 bits per heavy atom. The van der Waals surface area contributed by atoms with Gasteiger partial charge in [-0.05, 0) is 24.3 Å². The fourth-order valence-corrected chi connectivity index (χ4v) is 3.18. The molecule has 0 fully saturated rings. The van der Waals surface area contributed by atoms with E-state index in [4.69, 9.17) is 0 Å². The van der Waals surface area contributed by atoms with Crippen LogP contribution in [0.1, 0.15) is 26.3 Å². The second-order valence-electron chi connectivity index (χ2n) is 6.81. The Hall–Kier alpha value is -3.83. The zero-order chi connectivity index (χ0) is 24.6. The molecule has 0 aliphatic rings. The highest BCUT2D eigenvalue weighted by Gasteiger charge is 2.41. The summed E-state index contributed by atoms with van der Waals surface area (Å²) in [6.07, 6.45) is -9.21. The van der Waals surface area contributed by atoms with Crippen LogP contribution in [0, 0.1) is 0 Å². The summed E-state index contributed by atoms with van der Waals surface area (Å²) in [5.74, 6) is -4.00. The van der Waals surface area contributed by atoms with E-state index in [9.17, 15) is 40.7 Å². The Morgan fingerprint density at radius 2 is 1.67 bits per heavy atom. The Labute approximate surface area is 181 Å². The molecule has 0 atom stereocenters. The summed E-state index contributed by atoms with van der Waals surface area (Å²) < 4.78 is 84.0. The van der Waals surface area contributed by atoms with Crippen LogP contribution in [0.4, 0.5) is 32.0 Å². The monoisotopic (exact) mass is 472 g/mol. The van der Waals surface area contributed by atoms with Crippen LogP contribution >= 0.6 is 0 Å². The lowest BCUT2D eigenvalue weighted by Gasteiger charge is -2.14. The number of amides is 1. The van der Waals surface area contributed by atoms with Gasteiger partial charge in [-0.2, -0.15) is 26.3 Å². The number of hydrogen-bond donors (Lipinski definition) is 1. The highest BCUT2D eigenvalue weighted by molar-refractivity contribution is 6.11. The van der Waals surface area contributed by atoms with E-state index < -0.39 is 53.4 Å². The molecule has 0 spiro atoms. The van der Waals surface area contributed by atoms with E-state index in [2.05, 4.69) is 10.1 Å². The van der Waals surface area contributed by atoms with Gasteiger partial charge in [0.1, 0.15) is 6.54 Å². The molecule has 12 heteroatoms. The zero-order valence-corrected chi connectivity index (χ0v) is 16.7. The van der Waals surface area contributed by atoms with Gasteiger partial charge in [0.25, 0.3) is 5.78 Å². The molecule has 174 valence electrons. The number of nitrogens with one attached hydrogen (secondary N) is 1. The van der Waals surface area contributed by atoms with E-state index in [1.165, 1.54) is 6.07 Å². The minimum absolute atomic E-state index is 0.0711. The van der Waals surface area contributed by atoms with Crippen molar-refractivity contribution in [1.82, 2.24) is 4.57 Å². The molecule has 1 aromatic heterocycles. The second-order valence-corrected chi connectivity index (χ2v) is 6.81. The van der Waals surface area contributed by atoms with Gasteiger partial charge in [0.15, 0.2) is 0 Å². The predicted octanol–water partition coefficient (Wildman–Crippen LogP) is 4.83. The molecule has 3 rings (SSSR count). The van der Waals surface area contributed by atoms with Gasteiger partial charge in [0.05, 0.1) is 35.0 Å². The van der Waals surface area contributed by atoms with Crippen molar-refractivity contribution in [2.75, 3.05) is 12.4 Å². The molecule has 0 aliphatic carbocycles. The Kier molecular flexibility index (Phi) is 6.21. The molecular weight excluding hydrogens is 458 g/mol. The van der Waals surface area contributed by atoms with Crippen LogP contribution in [-0.4, -0.2) is 35.5 Å². The number of halogens is 6. The predicted molar refractivity (Wildman–Crippen MR) is 104 cm³/mol. The lowest BCUT2D eigenvalue weighted by Crippen LogP contribution is -2.23. The third kappa shape index (κ3) is 4.99. The zero-order valence-electron chi connectivity index (χ0n) is 16.7. The molecule has 0 aliphatic heterocycles. The number of nitrogens with zero attached hydrogens (tertiary/aromatic N) is 1. The summed E-state index contributed by atoms with van der Waals surface area (Å²) in [5.41, 5.74) is -2.61. The van der Waals surface area contributed by atoms with Crippen LogP contribution in [0.15, 0.2) is 48.7 Å². The number of hydrogen-bond acceptors (Lipinski definition) is 4. The van der Waals surface area contributed by atoms with E-state index in [-0.39, 0.29) is 16.5 Å². The summed E-state index contributed by atoms with van der Waals surface area (Å²) in [5, 5.41) is 1.87. The number of aromatic nitrogens is 1. The lowest BCUT2D eigenvalue weighted by molar-refractivity contribution is -0.137. The Bertz CT molecular complexity index is 1240. The highest BCUT2D eigenvalue weighted by Crippen LogP contribution is 2.35. The molecule has 2 aromatic carbocycles. The van der Waals surface area contributed by atoms with Gasteiger partial charge in [-0.15, -0.1) is 0 Å². The molecule has 1 heterocycles. The van der Waals surface area contributed by atoms with E-state index in [0.717, 1.165) is 54.3 Å². The largest absolute Gasteiger partial charge is 0.465 e. The van der Waals surface area contributed by atoms with Crippen molar-refractivity contribution in [2.24, 2.45) is 0 Å². The van der Waals surface area contributed by atoms with Gasteiger partial charge in [0.2, 0.25) is 5.91 Å². The number of ketones is 1. The quantitative estimate of drug-likeness (QED) is 0.328. The number of alkyl halides is 6. The number of para-hydroxylation sites is 1. The Morgan fingerprint density at radius 1 is 1.00 bits per heavy atom. The van der Waals surface area contributed by atoms with E-state index >= 15 is 0 Å². The average molecular weight is 472 g/mol. The van der Waals surface area contributed by atoms with E-state index in [1.807, 2.05) is 0 Å². The SMILES string of the molecule is COC(=O)c1ccc2c(C(=O)C(F)(F)F)cn(CC(=O)Nc3ccccc3C(F)(F)F)c2c1. The number of carbonyl (C=O) groups excluding carboxylic acids is 3. The standard InChI is InChI=1S/C21H14F6N2O4/c1-33-19(32)11-6-7-12-13(18(31)21(25,26)27)9-29(16(12)8-11)10-17(30)28-15-5-3-2-4-14(15)20(22,23)24/h2-9H,10H2,1H3,(H,28,30). The maximum absolute atomic E-state index is 13.1. The number of Topliss-reactive ketones (excluding diaryl/α,β-unsaturated/α-hetero) is 1. The maximum atomic E-state index is 13.1. The van der Waals surface area contributed by atoms with E-state index in [1.54, 1.807) is 0 Å². The van der Waals surface area contributed by atoms with Gasteiger partial charge >= 0.3 is 18.3 Å². The molecule has 0 bridgehead atoms. The average Bonchev–Trinajstić information content (AvgIpc) is 3.08. The molecule has 0 radical (unpaired) electrons. The van der Waals surface area contributed by atoms with Crippen LogP contribution < -0.4 is 5.32 Å². The molecular formula is C21H14F6N2O4. The summed E-state index contributed by atoms with van der Waals surface area (Å²) in [4.78, 5) is 36.1. The highest BCUT2D eigenvalue weighted by atomic mass is 19.4. The second kappa shape index (κ2) is 8.60. The van der Waals surface area contributed by atoms with Crippen molar-refractivity contribution < 1.29 is 45.5 Å². The van der Waals surface area contributed by atoms with Crippen molar-refractivity contribution >= 4 is 34.3 Å². The number of benzene rings is 2. The molecule has 6 nitrogen and oxygen atoms in total. The van der Waals surface area contributed by atoms with Crippen LogP contribution in [0.25, 0.3) is 10.9 Å².